The van der Waals surface area contributed by atoms with Gasteiger partial charge in [0, 0.05) is 33.0 Å². The van der Waals surface area contributed by atoms with Gasteiger partial charge in [0.1, 0.15) is 16.8 Å². The Kier molecular flexibility index (Phi) is 8.21. The molecule has 3 aromatic carbocycles. The molecule has 0 spiro atoms. The van der Waals surface area contributed by atoms with E-state index < -0.39 is 27.8 Å². The molecule has 0 aromatic heterocycles. The molecule has 0 saturated heterocycles. The first-order chi connectivity index (χ1) is 18.2. The van der Waals surface area contributed by atoms with E-state index in [4.69, 9.17) is 0 Å². The molecular weight excluding hydrogens is 509 g/mol. The van der Waals surface area contributed by atoms with Gasteiger partial charge >= 0.3 is 0 Å². The predicted octanol–water partition coefficient (Wildman–Crippen LogP) is 3.14. The van der Waals surface area contributed by atoms with Crippen molar-refractivity contribution in [2.24, 2.45) is 0 Å². The minimum absolute atomic E-state index is 0.0446. The van der Waals surface area contributed by atoms with E-state index in [0.717, 1.165) is 9.87 Å². The van der Waals surface area contributed by atoms with E-state index in [1.807, 2.05) is 30.3 Å². The van der Waals surface area contributed by atoms with Crippen LogP contribution in [-0.4, -0.2) is 55.0 Å². The fourth-order valence-corrected chi connectivity index (χ4v) is 6.08. The number of rotatable bonds is 10. The van der Waals surface area contributed by atoms with Crippen LogP contribution in [0.5, 0.6) is 0 Å². The van der Waals surface area contributed by atoms with Crippen molar-refractivity contribution in [1.29, 1.82) is 0 Å². The Balaban J connectivity index is 1.53. The lowest BCUT2D eigenvalue weighted by Crippen LogP contribution is -2.49. The minimum atomic E-state index is -3.98. The maximum atomic E-state index is 13.5. The van der Waals surface area contributed by atoms with Gasteiger partial charge in [-0.3, -0.25) is 14.4 Å². The number of nitrogens with one attached hydrogen (secondary N) is 1. The van der Waals surface area contributed by atoms with E-state index >= 15 is 0 Å². The highest BCUT2D eigenvalue weighted by Gasteiger charge is 2.40. The Hall–Kier alpha value is -4.05. The van der Waals surface area contributed by atoms with Gasteiger partial charge in [0.05, 0.1) is 5.56 Å². The third kappa shape index (κ3) is 5.75. The molecule has 1 aliphatic rings. The number of carbonyl (C=O) groups excluding carboxylic acids is 3. The summed E-state index contributed by atoms with van der Waals surface area (Å²) in [5.41, 5.74) is 1.60. The van der Waals surface area contributed by atoms with Crippen LogP contribution in [0.15, 0.2) is 83.8 Å². The number of benzene rings is 3. The predicted molar refractivity (Wildman–Crippen MR) is 139 cm³/mol. The molecule has 0 bridgehead atoms. The van der Waals surface area contributed by atoms with E-state index in [-0.39, 0.29) is 54.6 Å². The molecule has 38 heavy (non-hydrogen) atoms. The molecule has 0 saturated carbocycles. The van der Waals surface area contributed by atoms with Crippen LogP contribution in [0, 0.1) is 5.82 Å². The maximum Gasteiger partial charge on any atom is 0.269 e. The second-order valence-corrected chi connectivity index (χ2v) is 10.8. The molecule has 1 aliphatic heterocycles. The first-order valence-electron chi connectivity index (χ1n) is 12.2. The lowest BCUT2D eigenvalue weighted by molar-refractivity contribution is -0.141. The summed E-state index contributed by atoms with van der Waals surface area (Å²) in [6, 6.07) is 20.0. The number of amides is 3. The quantitative estimate of drug-likeness (QED) is 0.428. The van der Waals surface area contributed by atoms with Crippen LogP contribution in [0.1, 0.15) is 34.3 Å². The number of hydrogen-bond acceptors (Lipinski definition) is 5. The van der Waals surface area contributed by atoms with Crippen LogP contribution < -0.4 is 5.32 Å². The van der Waals surface area contributed by atoms with Crippen molar-refractivity contribution in [3.05, 3.63) is 101 Å². The van der Waals surface area contributed by atoms with E-state index in [0.29, 0.717) is 5.56 Å². The van der Waals surface area contributed by atoms with Gasteiger partial charge in [0.25, 0.3) is 15.9 Å². The summed E-state index contributed by atoms with van der Waals surface area (Å²) in [6.45, 7) is -0.119. The molecule has 198 valence electrons. The van der Waals surface area contributed by atoms with Gasteiger partial charge < -0.3 is 10.2 Å². The van der Waals surface area contributed by atoms with Gasteiger partial charge in [-0.15, -0.1) is 0 Å². The zero-order valence-electron chi connectivity index (χ0n) is 20.8. The van der Waals surface area contributed by atoms with Crippen LogP contribution in [0.3, 0.4) is 0 Å². The normalized spacial score (nSPS) is 14.6. The first kappa shape index (κ1) is 27.0. The highest BCUT2D eigenvalue weighted by Crippen LogP contribution is 2.30. The Morgan fingerprint density at radius 3 is 2.26 bits per heavy atom. The van der Waals surface area contributed by atoms with E-state index in [9.17, 15) is 27.2 Å². The highest BCUT2D eigenvalue weighted by atomic mass is 32.2. The third-order valence-corrected chi connectivity index (χ3v) is 8.29. The van der Waals surface area contributed by atoms with Gasteiger partial charge in [-0.2, -0.15) is 0 Å². The number of likely N-dealkylation sites (N-methyl/N-ethyl adjacent to an activating group) is 1. The molecule has 10 heteroatoms. The summed E-state index contributed by atoms with van der Waals surface area (Å²) < 4.78 is 40.0. The van der Waals surface area contributed by atoms with Crippen molar-refractivity contribution in [3.8, 4) is 0 Å². The van der Waals surface area contributed by atoms with Crippen molar-refractivity contribution >= 4 is 27.7 Å². The van der Waals surface area contributed by atoms with Gasteiger partial charge in [0.15, 0.2) is 0 Å². The number of fused-ring (bicyclic) bond motifs is 1. The number of nitrogens with zero attached hydrogens (tertiary/aromatic N) is 2. The van der Waals surface area contributed by atoms with Crippen molar-refractivity contribution in [3.63, 3.8) is 0 Å². The van der Waals surface area contributed by atoms with Crippen LogP contribution in [0.25, 0.3) is 0 Å². The molecule has 0 fully saturated rings. The fraction of sp³-hybridized carbons (Fsp3) is 0.250. The van der Waals surface area contributed by atoms with Crippen LogP contribution in [0.2, 0.25) is 0 Å². The summed E-state index contributed by atoms with van der Waals surface area (Å²) in [4.78, 5) is 40.5. The van der Waals surface area contributed by atoms with E-state index in [1.54, 1.807) is 24.3 Å². The zero-order valence-corrected chi connectivity index (χ0v) is 21.7. The molecule has 8 nitrogen and oxygen atoms in total. The SMILES string of the molecule is CNC(=O)[C@@H](Cc1ccccc1)N(Cc1ccc(F)cc1)C(=O)CCCN1C(=O)c2ccccc2S1(=O)=O. The Morgan fingerprint density at radius 1 is 0.947 bits per heavy atom. The van der Waals surface area contributed by atoms with Gasteiger partial charge in [-0.25, -0.2) is 17.1 Å². The van der Waals surface area contributed by atoms with Crippen molar-refractivity contribution in [2.75, 3.05) is 13.6 Å². The average molecular weight is 538 g/mol. The average Bonchev–Trinajstić information content (AvgIpc) is 3.12. The summed E-state index contributed by atoms with van der Waals surface area (Å²) in [5.74, 6) is -1.79. The van der Waals surface area contributed by atoms with Crippen LogP contribution in [-0.2, 0) is 32.6 Å². The van der Waals surface area contributed by atoms with Crippen molar-refractivity contribution in [2.45, 2.75) is 36.7 Å². The molecule has 4 rings (SSSR count). The molecule has 0 radical (unpaired) electrons. The number of halogens is 1. The molecule has 0 unspecified atom stereocenters. The summed E-state index contributed by atoms with van der Waals surface area (Å²) in [7, 11) is -2.49. The molecule has 1 N–H and O–H groups in total. The molecule has 3 aromatic rings. The summed E-state index contributed by atoms with van der Waals surface area (Å²) in [5, 5.41) is 2.62. The lowest BCUT2D eigenvalue weighted by Gasteiger charge is -2.31. The maximum absolute atomic E-state index is 13.5. The Bertz CT molecular complexity index is 1430. The monoisotopic (exact) mass is 537 g/mol. The molecule has 1 atom stereocenters. The number of sulfonamides is 1. The lowest BCUT2D eigenvalue weighted by atomic mass is 10.0. The standard InChI is InChI=1S/C28H28FN3O5S/c1-30-27(34)24(18-20-8-3-2-4-9-20)31(19-21-13-15-22(29)16-14-21)26(33)12-7-17-32-28(35)23-10-5-6-11-25(23)38(32,36)37/h2-6,8-11,13-16,24H,7,12,17-19H2,1H3,(H,30,34)/t24-/m1/s1. The third-order valence-electron chi connectivity index (χ3n) is 6.45. The van der Waals surface area contributed by atoms with Gasteiger partial charge in [0.2, 0.25) is 11.8 Å². The number of hydrogen-bond donors (Lipinski definition) is 1. The summed E-state index contributed by atoms with van der Waals surface area (Å²) in [6.07, 6.45) is 0.227. The van der Waals surface area contributed by atoms with Crippen molar-refractivity contribution in [1.82, 2.24) is 14.5 Å². The van der Waals surface area contributed by atoms with E-state index in [2.05, 4.69) is 5.32 Å². The number of carbonyl (C=O) groups is 3. The topological polar surface area (TPSA) is 104 Å². The largest absolute Gasteiger partial charge is 0.357 e. The van der Waals surface area contributed by atoms with Crippen molar-refractivity contribution < 1.29 is 27.2 Å². The fourth-order valence-electron chi connectivity index (χ4n) is 4.48. The highest BCUT2D eigenvalue weighted by molar-refractivity contribution is 7.90. The second-order valence-electron chi connectivity index (χ2n) is 8.95. The van der Waals surface area contributed by atoms with Gasteiger partial charge in [-0.1, -0.05) is 54.6 Å². The smallest absolute Gasteiger partial charge is 0.269 e. The Labute approximate surface area is 221 Å². The molecular formula is C28H28FN3O5S. The first-order valence-corrected chi connectivity index (χ1v) is 13.6. The zero-order chi connectivity index (χ0) is 27.3. The summed E-state index contributed by atoms with van der Waals surface area (Å²) >= 11 is 0. The second kappa shape index (κ2) is 11.6. The molecule has 0 aliphatic carbocycles. The van der Waals surface area contributed by atoms with Crippen LogP contribution >= 0.6 is 0 Å². The molecule has 1 heterocycles. The molecule has 3 amide bonds. The van der Waals surface area contributed by atoms with Crippen LogP contribution in [0.4, 0.5) is 4.39 Å². The Morgan fingerprint density at radius 2 is 1.61 bits per heavy atom. The van der Waals surface area contributed by atoms with E-state index in [1.165, 1.54) is 36.2 Å². The minimum Gasteiger partial charge on any atom is -0.357 e. The van der Waals surface area contributed by atoms with Gasteiger partial charge in [-0.05, 0) is 41.8 Å².